The molecule has 0 atom stereocenters. The van der Waals surface area contributed by atoms with Crippen molar-refractivity contribution in [1.29, 1.82) is 5.26 Å². The highest BCUT2D eigenvalue weighted by Crippen LogP contribution is 2.26. The van der Waals surface area contributed by atoms with Crippen molar-refractivity contribution in [2.24, 2.45) is 0 Å². The molecule has 0 saturated heterocycles. The average molecular weight is 459 g/mol. The number of aromatic nitrogens is 1. The van der Waals surface area contributed by atoms with Gasteiger partial charge in [0.25, 0.3) is 0 Å². The number of rotatable bonds is 3. The minimum absolute atomic E-state index is 0.602. The van der Waals surface area contributed by atoms with E-state index in [0.717, 1.165) is 28.2 Å². The fraction of sp³-hybridized carbons (Fsp3) is 0.0952. The van der Waals surface area contributed by atoms with Crippen molar-refractivity contribution >= 4 is 45.8 Å². The standard InChI is InChI=1S/C21H16ClIN2/c1-14-10-17(11-18(13-24)16-4-3-5-19(22)12-16)15(2)25(14)21-8-6-20(23)7-9-21/h3-12H,1-2H3/b18-11-. The normalized spacial score (nSPS) is 11.4. The van der Waals surface area contributed by atoms with Gasteiger partial charge in [0.1, 0.15) is 0 Å². The van der Waals surface area contributed by atoms with E-state index >= 15 is 0 Å². The maximum absolute atomic E-state index is 9.58. The molecule has 0 amide bonds. The van der Waals surface area contributed by atoms with Crippen LogP contribution in [0.25, 0.3) is 17.3 Å². The van der Waals surface area contributed by atoms with Crippen LogP contribution in [0.15, 0.2) is 54.6 Å². The maximum atomic E-state index is 9.58. The van der Waals surface area contributed by atoms with Gasteiger partial charge in [-0.3, -0.25) is 0 Å². The number of nitriles is 1. The van der Waals surface area contributed by atoms with Crippen molar-refractivity contribution in [2.75, 3.05) is 0 Å². The Balaban J connectivity index is 2.08. The molecule has 0 saturated carbocycles. The van der Waals surface area contributed by atoms with Gasteiger partial charge < -0.3 is 4.57 Å². The molecule has 0 aliphatic carbocycles. The van der Waals surface area contributed by atoms with Crippen LogP contribution in [0.4, 0.5) is 0 Å². The molecule has 0 aliphatic heterocycles. The highest BCUT2D eigenvalue weighted by atomic mass is 127. The van der Waals surface area contributed by atoms with Crippen LogP contribution in [0.3, 0.4) is 0 Å². The molecule has 0 bridgehead atoms. The molecule has 1 heterocycles. The Kier molecular flexibility index (Phi) is 5.31. The Morgan fingerprint density at radius 2 is 1.84 bits per heavy atom. The van der Waals surface area contributed by atoms with Crippen LogP contribution < -0.4 is 0 Å². The fourth-order valence-corrected chi connectivity index (χ4v) is 3.46. The Hall–Kier alpha value is -2.03. The predicted molar refractivity (Wildman–Crippen MR) is 113 cm³/mol. The number of halogens is 2. The van der Waals surface area contributed by atoms with Crippen molar-refractivity contribution < 1.29 is 0 Å². The molecule has 2 aromatic carbocycles. The summed E-state index contributed by atoms with van der Waals surface area (Å²) in [7, 11) is 0. The van der Waals surface area contributed by atoms with Gasteiger partial charge in [0.15, 0.2) is 0 Å². The topological polar surface area (TPSA) is 28.7 Å². The zero-order chi connectivity index (χ0) is 18.0. The van der Waals surface area contributed by atoms with Crippen molar-refractivity contribution in [3.8, 4) is 11.8 Å². The lowest BCUT2D eigenvalue weighted by atomic mass is 10.0. The molecular weight excluding hydrogens is 443 g/mol. The van der Waals surface area contributed by atoms with Gasteiger partial charge in [-0.05, 0) is 96.1 Å². The summed E-state index contributed by atoms with van der Waals surface area (Å²) in [6.07, 6.45) is 1.93. The first-order valence-electron chi connectivity index (χ1n) is 7.82. The van der Waals surface area contributed by atoms with Gasteiger partial charge in [-0.15, -0.1) is 0 Å². The lowest BCUT2D eigenvalue weighted by Gasteiger charge is -2.09. The number of hydrogen-bond acceptors (Lipinski definition) is 1. The van der Waals surface area contributed by atoms with Crippen LogP contribution in [0, 0.1) is 28.7 Å². The van der Waals surface area contributed by atoms with Crippen LogP contribution in [0.2, 0.25) is 5.02 Å². The second-order valence-electron chi connectivity index (χ2n) is 5.82. The molecule has 3 rings (SSSR count). The molecule has 0 radical (unpaired) electrons. The molecule has 0 aliphatic rings. The second-order valence-corrected chi connectivity index (χ2v) is 7.50. The lowest BCUT2D eigenvalue weighted by Crippen LogP contribution is -1.98. The molecule has 3 aromatic rings. The largest absolute Gasteiger partial charge is 0.318 e. The smallest absolute Gasteiger partial charge is 0.0998 e. The van der Waals surface area contributed by atoms with Crippen LogP contribution in [-0.4, -0.2) is 4.57 Å². The zero-order valence-corrected chi connectivity index (χ0v) is 16.8. The molecule has 0 unspecified atom stereocenters. The highest BCUT2D eigenvalue weighted by molar-refractivity contribution is 14.1. The summed E-state index contributed by atoms with van der Waals surface area (Å²) in [6.45, 7) is 4.15. The second kappa shape index (κ2) is 7.47. The van der Waals surface area contributed by atoms with Gasteiger partial charge in [0.05, 0.1) is 11.6 Å². The Labute approximate surface area is 166 Å². The van der Waals surface area contributed by atoms with Gasteiger partial charge in [0.2, 0.25) is 0 Å². The van der Waals surface area contributed by atoms with E-state index in [1.807, 2.05) is 30.3 Å². The summed E-state index contributed by atoms with van der Waals surface area (Å²) < 4.78 is 3.41. The third-order valence-corrected chi connectivity index (χ3v) is 5.07. The van der Waals surface area contributed by atoms with Gasteiger partial charge in [-0.2, -0.15) is 5.26 Å². The summed E-state index contributed by atoms with van der Waals surface area (Å²) in [5.41, 5.74) is 5.82. The van der Waals surface area contributed by atoms with E-state index in [0.29, 0.717) is 10.6 Å². The van der Waals surface area contributed by atoms with E-state index in [1.54, 1.807) is 0 Å². The van der Waals surface area contributed by atoms with Gasteiger partial charge in [-0.1, -0.05) is 23.7 Å². The van der Waals surface area contributed by atoms with Crippen LogP contribution >= 0.6 is 34.2 Å². The van der Waals surface area contributed by atoms with E-state index < -0.39 is 0 Å². The van der Waals surface area contributed by atoms with E-state index in [9.17, 15) is 5.26 Å². The van der Waals surface area contributed by atoms with Crippen LogP contribution in [0.1, 0.15) is 22.5 Å². The number of hydrogen-bond donors (Lipinski definition) is 0. The van der Waals surface area contributed by atoms with Crippen LogP contribution in [0.5, 0.6) is 0 Å². The SMILES string of the molecule is Cc1cc(/C=C(/C#N)c2cccc(Cl)c2)c(C)n1-c1ccc(I)cc1. The first-order chi connectivity index (χ1) is 12.0. The number of allylic oxidation sites excluding steroid dienone is 1. The third-order valence-electron chi connectivity index (χ3n) is 4.11. The average Bonchev–Trinajstić information content (AvgIpc) is 2.87. The zero-order valence-electron chi connectivity index (χ0n) is 13.9. The van der Waals surface area contributed by atoms with Crippen molar-refractivity contribution in [1.82, 2.24) is 4.57 Å². The van der Waals surface area contributed by atoms with Crippen LogP contribution in [-0.2, 0) is 0 Å². The van der Waals surface area contributed by atoms with E-state index in [2.05, 4.69) is 77.4 Å². The lowest BCUT2D eigenvalue weighted by molar-refractivity contribution is 0.964. The monoisotopic (exact) mass is 458 g/mol. The molecule has 0 spiro atoms. The number of nitrogens with zero attached hydrogens (tertiary/aromatic N) is 2. The number of benzene rings is 2. The van der Waals surface area contributed by atoms with Crippen molar-refractivity contribution in [3.05, 3.63) is 85.7 Å². The van der Waals surface area contributed by atoms with E-state index in [4.69, 9.17) is 11.6 Å². The summed E-state index contributed by atoms with van der Waals surface area (Å²) in [4.78, 5) is 0. The van der Waals surface area contributed by atoms with Crippen molar-refractivity contribution in [3.63, 3.8) is 0 Å². The van der Waals surface area contributed by atoms with E-state index in [-0.39, 0.29) is 0 Å². The molecule has 1 aromatic heterocycles. The first-order valence-corrected chi connectivity index (χ1v) is 9.28. The Morgan fingerprint density at radius 3 is 2.48 bits per heavy atom. The van der Waals surface area contributed by atoms with Crippen molar-refractivity contribution in [2.45, 2.75) is 13.8 Å². The highest BCUT2D eigenvalue weighted by Gasteiger charge is 2.11. The maximum Gasteiger partial charge on any atom is 0.0998 e. The summed E-state index contributed by atoms with van der Waals surface area (Å²) in [5, 5.41) is 10.2. The van der Waals surface area contributed by atoms with E-state index in [1.165, 1.54) is 3.57 Å². The molecule has 0 fully saturated rings. The van der Waals surface area contributed by atoms with Gasteiger partial charge in [0, 0.05) is 25.7 Å². The molecule has 2 nitrogen and oxygen atoms in total. The van der Waals surface area contributed by atoms with Gasteiger partial charge >= 0.3 is 0 Å². The predicted octanol–water partition coefficient (Wildman–Crippen LogP) is 6.42. The molecule has 25 heavy (non-hydrogen) atoms. The summed E-state index contributed by atoms with van der Waals surface area (Å²) >= 11 is 8.36. The Morgan fingerprint density at radius 1 is 1.12 bits per heavy atom. The van der Waals surface area contributed by atoms with Gasteiger partial charge in [-0.25, -0.2) is 0 Å². The fourth-order valence-electron chi connectivity index (χ4n) is 2.91. The quantitative estimate of drug-likeness (QED) is 0.329. The Bertz CT molecular complexity index is 992. The number of aryl methyl sites for hydroxylation is 1. The molecular formula is C21H16ClIN2. The first kappa shape index (κ1) is 17.8. The molecule has 4 heteroatoms. The third kappa shape index (κ3) is 3.81. The molecule has 124 valence electrons. The minimum Gasteiger partial charge on any atom is -0.318 e. The summed E-state index contributed by atoms with van der Waals surface area (Å²) in [5.74, 6) is 0. The summed E-state index contributed by atoms with van der Waals surface area (Å²) in [6, 6.07) is 20.2. The molecule has 0 N–H and O–H groups in total. The minimum atomic E-state index is 0.602.